The van der Waals surface area contributed by atoms with Crippen LogP contribution >= 0.6 is 0 Å². The van der Waals surface area contributed by atoms with Crippen LogP contribution in [0, 0.1) is 6.92 Å². The third-order valence-corrected chi connectivity index (χ3v) is 10.0. The number of sulfonamides is 2. The quantitative estimate of drug-likeness (QED) is 0.425. The van der Waals surface area contributed by atoms with Gasteiger partial charge in [-0.1, -0.05) is 30.2 Å². The molecule has 0 spiro atoms. The van der Waals surface area contributed by atoms with Gasteiger partial charge in [-0.15, -0.1) is 0 Å². The average molecular weight is 558 g/mol. The maximum absolute atomic E-state index is 13.6. The van der Waals surface area contributed by atoms with Gasteiger partial charge in [-0.05, 0) is 68.3 Å². The fraction of sp³-hybridized carbons (Fsp3) is 0.296. The van der Waals surface area contributed by atoms with Gasteiger partial charge >= 0.3 is 0 Å². The lowest BCUT2D eigenvalue weighted by Crippen LogP contribution is -2.38. The standard InChI is InChI=1S/C27H31N3O6S2/c1-21-9-13-26(14-10-21)38(34,35)30(23-7-6-8-24(19-23)36-2)20-27(31)28-22-11-15-25(16-12-22)37(32,33)29-17-4-3-5-18-29/h6-16,19H,3-5,17-18,20H2,1-2H3,(H,28,31). The first kappa shape index (κ1) is 27.6. The molecule has 0 atom stereocenters. The Hall–Kier alpha value is -3.41. The molecule has 0 unspecified atom stereocenters. The minimum absolute atomic E-state index is 0.0472. The van der Waals surface area contributed by atoms with E-state index >= 15 is 0 Å². The zero-order valence-corrected chi connectivity index (χ0v) is 23.0. The van der Waals surface area contributed by atoms with E-state index in [0.29, 0.717) is 24.5 Å². The van der Waals surface area contributed by atoms with Gasteiger partial charge in [0.2, 0.25) is 15.9 Å². The molecule has 38 heavy (non-hydrogen) atoms. The van der Waals surface area contributed by atoms with Gasteiger partial charge in [0, 0.05) is 24.8 Å². The maximum atomic E-state index is 13.6. The van der Waals surface area contributed by atoms with Crippen molar-refractivity contribution >= 4 is 37.3 Å². The minimum Gasteiger partial charge on any atom is -0.497 e. The van der Waals surface area contributed by atoms with Crippen molar-refractivity contribution in [3.05, 3.63) is 78.4 Å². The molecule has 9 nitrogen and oxygen atoms in total. The maximum Gasteiger partial charge on any atom is 0.264 e. The van der Waals surface area contributed by atoms with E-state index in [2.05, 4.69) is 5.32 Å². The molecule has 202 valence electrons. The summed E-state index contributed by atoms with van der Waals surface area (Å²) in [6, 6.07) is 18.7. The summed E-state index contributed by atoms with van der Waals surface area (Å²) >= 11 is 0. The fourth-order valence-corrected chi connectivity index (χ4v) is 7.14. The van der Waals surface area contributed by atoms with Crippen molar-refractivity contribution < 1.29 is 26.4 Å². The molecule has 1 N–H and O–H groups in total. The van der Waals surface area contributed by atoms with E-state index in [1.807, 2.05) is 6.92 Å². The SMILES string of the molecule is COc1cccc(N(CC(=O)Nc2ccc(S(=O)(=O)N3CCCCC3)cc2)S(=O)(=O)c2ccc(C)cc2)c1. The number of ether oxygens (including phenoxy) is 1. The molecular weight excluding hydrogens is 526 g/mol. The number of hydrogen-bond acceptors (Lipinski definition) is 6. The number of piperidine rings is 1. The predicted molar refractivity (Wildman–Crippen MR) is 146 cm³/mol. The molecule has 3 aromatic rings. The van der Waals surface area contributed by atoms with E-state index in [9.17, 15) is 21.6 Å². The van der Waals surface area contributed by atoms with E-state index in [1.165, 1.54) is 47.8 Å². The number of nitrogens with one attached hydrogen (secondary N) is 1. The van der Waals surface area contributed by atoms with Crippen LogP contribution in [0.25, 0.3) is 0 Å². The summed E-state index contributed by atoms with van der Waals surface area (Å²) < 4.78 is 60.7. The summed E-state index contributed by atoms with van der Waals surface area (Å²) in [4.78, 5) is 13.2. The summed E-state index contributed by atoms with van der Waals surface area (Å²) in [7, 11) is -6.22. The van der Waals surface area contributed by atoms with Crippen molar-refractivity contribution in [3.8, 4) is 5.75 Å². The summed E-state index contributed by atoms with van der Waals surface area (Å²) in [5.74, 6) is -0.146. The van der Waals surface area contributed by atoms with Crippen molar-refractivity contribution in [1.29, 1.82) is 0 Å². The molecule has 1 saturated heterocycles. The monoisotopic (exact) mass is 557 g/mol. The molecule has 11 heteroatoms. The second kappa shape index (κ2) is 11.5. The van der Waals surface area contributed by atoms with Crippen LogP contribution in [0.1, 0.15) is 24.8 Å². The Bertz CT molecular complexity index is 1480. The summed E-state index contributed by atoms with van der Waals surface area (Å²) in [5.41, 5.74) is 1.52. The molecule has 0 bridgehead atoms. The third-order valence-electron chi connectivity index (χ3n) is 6.33. The number of anilines is 2. The van der Waals surface area contributed by atoms with Crippen molar-refractivity contribution in [1.82, 2.24) is 4.31 Å². The number of carbonyl (C=O) groups excluding carboxylic acids is 1. The molecule has 0 radical (unpaired) electrons. The van der Waals surface area contributed by atoms with E-state index < -0.39 is 32.5 Å². The highest BCUT2D eigenvalue weighted by atomic mass is 32.2. The lowest BCUT2D eigenvalue weighted by molar-refractivity contribution is -0.114. The van der Waals surface area contributed by atoms with E-state index in [-0.39, 0.29) is 15.5 Å². The molecule has 0 saturated carbocycles. The number of rotatable bonds is 9. The molecular formula is C27H31N3O6S2. The number of hydrogen-bond donors (Lipinski definition) is 1. The Labute approximate surface area is 224 Å². The molecule has 3 aromatic carbocycles. The van der Waals surface area contributed by atoms with Crippen molar-refractivity contribution in [2.75, 3.05) is 36.4 Å². The van der Waals surface area contributed by atoms with Crippen LogP contribution in [0.5, 0.6) is 5.75 Å². The molecule has 4 rings (SSSR count). The second-order valence-corrected chi connectivity index (χ2v) is 12.9. The Balaban J connectivity index is 1.56. The third kappa shape index (κ3) is 6.17. The van der Waals surface area contributed by atoms with Gasteiger partial charge < -0.3 is 10.1 Å². The van der Waals surface area contributed by atoms with Crippen LogP contribution in [0.2, 0.25) is 0 Å². The number of nitrogens with zero attached hydrogens (tertiary/aromatic N) is 2. The van der Waals surface area contributed by atoms with Gasteiger partial charge in [0.05, 0.1) is 22.6 Å². The molecule has 1 amide bonds. The predicted octanol–water partition coefficient (Wildman–Crippen LogP) is 4.01. The second-order valence-electron chi connectivity index (χ2n) is 9.06. The molecule has 0 aliphatic carbocycles. The van der Waals surface area contributed by atoms with Gasteiger partial charge in [-0.2, -0.15) is 4.31 Å². The number of carbonyl (C=O) groups is 1. The topological polar surface area (TPSA) is 113 Å². The number of methoxy groups -OCH3 is 1. The number of benzene rings is 3. The minimum atomic E-state index is -4.09. The zero-order chi connectivity index (χ0) is 27.3. The van der Waals surface area contributed by atoms with Gasteiger partial charge in [0.1, 0.15) is 12.3 Å². The average Bonchev–Trinajstić information content (AvgIpc) is 2.92. The van der Waals surface area contributed by atoms with E-state index in [0.717, 1.165) is 29.1 Å². The van der Waals surface area contributed by atoms with Crippen LogP contribution in [-0.4, -0.2) is 53.8 Å². The molecule has 1 heterocycles. The van der Waals surface area contributed by atoms with Crippen LogP contribution < -0.4 is 14.4 Å². The van der Waals surface area contributed by atoms with Gasteiger partial charge in [-0.3, -0.25) is 9.10 Å². The fourth-order valence-electron chi connectivity index (χ4n) is 4.21. The largest absolute Gasteiger partial charge is 0.497 e. The van der Waals surface area contributed by atoms with Gasteiger partial charge in [0.15, 0.2) is 0 Å². The first-order chi connectivity index (χ1) is 18.1. The summed E-state index contributed by atoms with van der Waals surface area (Å²) in [6.45, 7) is 2.34. The molecule has 1 aliphatic rings. The highest BCUT2D eigenvalue weighted by Gasteiger charge is 2.28. The lowest BCUT2D eigenvalue weighted by atomic mass is 10.2. The lowest BCUT2D eigenvalue weighted by Gasteiger charge is -2.26. The molecule has 1 aliphatic heterocycles. The number of aryl methyl sites for hydroxylation is 1. The summed E-state index contributed by atoms with van der Waals surface area (Å²) in [5, 5.41) is 2.68. The Morgan fingerprint density at radius 2 is 1.53 bits per heavy atom. The normalized spacial score (nSPS) is 14.6. The van der Waals surface area contributed by atoms with Crippen molar-refractivity contribution in [3.63, 3.8) is 0 Å². The first-order valence-corrected chi connectivity index (χ1v) is 15.1. The highest BCUT2D eigenvalue weighted by Crippen LogP contribution is 2.28. The van der Waals surface area contributed by atoms with Crippen LogP contribution in [0.15, 0.2) is 82.6 Å². The Morgan fingerprint density at radius 1 is 0.895 bits per heavy atom. The first-order valence-electron chi connectivity index (χ1n) is 12.2. The zero-order valence-electron chi connectivity index (χ0n) is 21.3. The van der Waals surface area contributed by atoms with E-state index in [4.69, 9.17) is 4.74 Å². The molecule has 0 aromatic heterocycles. The van der Waals surface area contributed by atoms with Crippen LogP contribution in [0.3, 0.4) is 0 Å². The van der Waals surface area contributed by atoms with Crippen LogP contribution in [-0.2, 0) is 24.8 Å². The molecule has 1 fully saturated rings. The van der Waals surface area contributed by atoms with Crippen molar-refractivity contribution in [2.45, 2.75) is 36.0 Å². The Morgan fingerprint density at radius 3 is 2.16 bits per heavy atom. The van der Waals surface area contributed by atoms with E-state index in [1.54, 1.807) is 36.4 Å². The number of amides is 1. The highest BCUT2D eigenvalue weighted by molar-refractivity contribution is 7.92. The van der Waals surface area contributed by atoms with Crippen LogP contribution in [0.4, 0.5) is 11.4 Å². The van der Waals surface area contributed by atoms with Gasteiger partial charge in [-0.25, -0.2) is 16.8 Å². The van der Waals surface area contributed by atoms with Crippen molar-refractivity contribution in [2.24, 2.45) is 0 Å². The van der Waals surface area contributed by atoms with Gasteiger partial charge in [0.25, 0.3) is 10.0 Å². The summed E-state index contributed by atoms with van der Waals surface area (Å²) in [6.07, 6.45) is 2.69. The smallest absolute Gasteiger partial charge is 0.264 e. The Kier molecular flexibility index (Phi) is 8.39.